The summed E-state index contributed by atoms with van der Waals surface area (Å²) in [5, 5.41) is 2.74. The molecule has 0 radical (unpaired) electrons. The molecule has 0 atom stereocenters. The van der Waals surface area contributed by atoms with Gasteiger partial charge >= 0.3 is 0 Å². The van der Waals surface area contributed by atoms with Gasteiger partial charge in [0, 0.05) is 25.9 Å². The molecule has 20 heavy (non-hydrogen) atoms. The average molecular weight is 272 g/mol. The highest BCUT2D eigenvalue weighted by Gasteiger charge is 2.03. The number of nitrogens with zero attached hydrogens (tertiary/aromatic N) is 1. The molecule has 0 aliphatic carbocycles. The van der Waals surface area contributed by atoms with Gasteiger partial charge in [-0.1, -0.05) is 24.3 Å². The average Bonchev–Trinajstić information content (AvgIpc) is 2.47. The zero-order valence-corrected chi connectivity index (χ0v) is 11.2. The lowest BCUT2D eigenvalue weighted by Crippen LogP contribution is -2.29. The Hall–Kier alpha value is -2.56. The van der Waals surface area contributed by atoms with Crippen molar-refractivity contribution in [1.82, 2.24) is 9.88 Å². The van der Waals surface area contributed by atoms with Crippen LogP contribution in [0.3, 0.4) is 0 Å². The first-order chi connectivity index (χ1) is 9.65. The molecule has 0 fully saturated rings. The Morgan fingerprint density at radius 3 is 2.65 bits per heavy atom. The Kier molecular flexibility index (Phi) is 4.55. The second-order valence-electron chi connectivity index (χ2n) is 4.36. The van der Waals surface area contributed by atoms with Gasteiger partial charge in [-0.05, 0) is 17.7 Å². The van der Waals surface area contributed by atoms with E-state index in [-0.39, 0.29) is 18.1 Å². The fourth-order valence-electron chi connectivity index (χ4n) is 1.67. The van der Waals surface area contributed by atoms with Gasteiger partial charge in [-0.2, -0.15) is 0 Å². The normalized spacial score (nSPS) is 10.1. The summed E-state index contributed by atoms with van der Waals surface area (Å²) < 4.78 is 6.81. The highest BCUT2D eigenvalue weighted by atomic mass is 16.5. The number of hydrogen-bond donors (Lipinski definition) is 1. The molecule has 1 aromatic carbocycles. The van der Waals surface area contributed by atoms with Crippen LogP contribution in [-0.2, 0) is 18.4 Å². The second kappa shape index (κ2) is 6.56. The number of pyridine rings is 1. The number of benzene rings is 1. The van der Waals surface area contributed by atoms with Gasteiger partial charge in [0.1, 0.15) is 5.75 Å². The van der Waals surface area contributed by atoms with Crippen molar-refractivity contribution in [2.24, 2.45) is 7.05 Å². The highest BCUT2D eigenvalue weighted by Crippen LogP contribution is 2.07. The molecule has 0 spiro atoms. The van der Waals surface area contributed by atoms with Crippen LogP contribution in [0.2, 0.25) is 0 Å². The molecule has 0 unspecified atom stereocenters. The maximum atomic E-state index is 11.6. The molecule has 0 saturated heterocycles. The Balaban J connectivity index is 1.80. The van der Waals surface area contributed by atoms with Gasteiger partial charge in [-0.25, -0.2) is 0 Å². The monoisotopic (exact) mass is 272 g/mol. The zero-order valence-electron chi connectivity index (χ0n) is 11.2. The van der Waals surface area contributed by atoms with Crippen molar-refractivity contribution in [3.05, 3.63) is 64.6 Å². The van der Waals surface area contributed by atoms with Gasteiger partial charge in [-0.3, -0.25) is 9.59 Å². The number of nitrogens with one attached hydrogen (secondary N) is 1. The smallest absolute Gasteiger partial charge is 0.258 e. The van der Waals surface area contributed by atoms with Crippen molar-refractivity contribution in [3.63, 3.8) is 0 Å². The van der Waals surface area contributed by atoms with Crippen molar-refractivity contribution in [3.8, 4) is 5.75 Å². The van der Waals surface area contributed by atoms with Crippen LogP contribution in [0.5, 0.6) is 5.75 Å². The predicted molar refractivity (Wildman–Crippen MR) is 75.5 cm³/mol. The summed E-state index contributed by atoms with van der Waals surface area (Å²) in [6.45, 7) is 0.334. The number of aromatic nitrogens is 1. The van der Waals surface area contributed by atoms with Gasteiger partial charge in [-0.15, -0.1) is 0 Å². The van der Waals surface area contributed by atoms with Crippen molar-refractivity contribution in [1.29, 1.82) is 0 Å². The lowest BCUT2D eigenvalue weighted by molar-refractivity contribution is -0.123. The molecule has 5 heteroatoms. The van der Waals surface area contributed by atoms with E-state index in [1.54, 1.807) is 31.4 Å². The number of amides is 1. The predicted octanol–water partition coefficient (Wildman–Crippen LogP) is 1.08. The summed E-state index contributed by atoms with van der Waals surface area (Å²) in [5.74, 6) is 0.451. The van der Waals surface area contributed by atoms with Gasteiger partial charge in [0.25, 0.3) is 5.91 Å². The standard InChI is InChI=1S/C15H16N2O3/c1-17-10-12(7-8-15(17)19)9-16-14(18)11-20-13-5-3-2-4-6-13/h2-8,10H,9,11H2,1H3,(H,16,18). The Morgan fingerprint density at radius 1 is 1.20 bits per heavy atom. The zero-order chi connectivity index (χ0) is 14.4. The molecule has 1 N–H and O–H groups in total. The molecule has 2 rings (SSSR count). The number of carbonyl (C=O) groups excluding carboxylic acids is 1. The first-order valence-corrected chi connectivity index (χ1v) is 6.25. The summed E-state index contributed by atoms with van der Waals surface area (Å²) in [6, 6.07) is 12.3. The second-order valence-corrected chi connectivity index (χ2v) is 4.36. The third-order valence-electron chi connectivity index (χ3n) is 2.75. The fourth-order valence-corrected chi connectivity index (χ4v) is 1.67. The molecule has 1 amide bonds. The van der Waals surface area contributed by atoms with Crippen LogP contribution >= 0.6 is 0 Å². The Morgan fingerprint density at radius 2 is 1.95 bits per heavy atom. The summed E-state index contributed by atoms with van der Waals surface area (Å²) >= 11 is 0. The van der Waals surface area contributed by atoms with E-state index in [1.807, 2.05) is 18.2 Å². The number of rotatable bonds is 5. The number of para-hydroxylation sites is 1. The largest absolute Gasteiger partial charge is 0.484 e. The third-order valence-corrected chi connectivity index (χ3v) is 2.75. The molecule has 104 valence electrons. The molecule has 1 heterocycles. The van der Waals surface area contributed by atoms with Crippen LogP contribution in [0.1, 0.15) is 5.56 Å². The topological polar surface area (TPSA) is 60.3 Å². The summed E-state index contributed by atoms with van der Waals surface area (Å²) in [6.07, 6.45) is 1.70. The lowest BCUT2D eigenvalue weighted by Gasteiger charge is -2.08. The molecular formula is C15H16N2O3. The van der Waals surface area contributed by atoms with Crippen molar-refractivity contribution in [2.45, 2.75) is 6.54 Å². The minimum atomic E-state index is -0.206. The first-order valence-electron chi connectivity index (χ1n) is 6.25. The van der Waals surface area contributed by atoms with Crippen LogP contribution < -0.4 is 15.6 Å². The van der Waals surface area contributed by atoms with Crippen molar-refractivity contribution >= 4 is 5.91 Å². The minimum Gasteiger partial charge on any atom is -0.484 e. The lowest BCUT2D eigenvalue weighted by atomic mass is 10.3. The molecule has 0 saturated carbocycles. The third kappa shape index (κ3) is 3.98. The minimum absolute atomic E-state index is 0.0320. The van der Waals surface area contributed by atoms with Crippen LogP contribution in [0.4, 0.5) is 0 Å². The van der Waals surface area contributed by atoms with Gasteiger partial charge in [0.2, 0.25) is 5.56 Å². The Labute approximate surface area is 116 Å². The number of carbonyl (C=O) groups is 1. The van der Waals surface area contributed by atoms with E-state index in [4.69, 9.17) is 4.74 Å². The number of hydrogen-bond acceptors (Lipinski definition) is 3. The molecule has 0 bridgehead atoms. The molecule has 5 nitrogen and oxygen atoms in total. The maximum Gasteiger partial charge on any atom is 0.258 e. The van der Waals surface area contributed by atoms with E-state index < -0.39 is 0 Å². The fraction of sp³-hybridized carbons (Fsp3) is 0.200. The van der Waals surface area contributed by atoms with E-state index in [1.165, 1.54) is 10.6 Å². The van der Waals surface area contributed by atoms with Crippen LogP contribution in [-0.4, -0.2) is 17.1 Å². The SMILES string of the molecule is Cn1cc(CNC(=O)COc2ccccc2)ccc1=O. The van der Waals surface area contributed by atoms with Crippen LogP contribution in [0.15, 0.2) is 53.5 Å². The number of ether oxygens (including phenoxy) is 1. The van der Waals surface area contributed by atoms with E-state index in [0.717, 1.165) is 5.56 Å². The summed E-state index contributed by atoms with van der Waals surface area (Å²) in [4.78, 5) is 22.9. The van der Waals surface area contributed by atoms with E-state index in [2.05, 4.69) is 5.32 Å². The molecule has 0 aliphatic rings. The van der Waals surface area contributed by atoms with E-state index in [0.29, 0.717) is 12.3 Å². The molecule has 1 aromatic heterocycles. The van der Waals surface area contributed by atoms with E-state index >= 15 is 0 Å². The van der Waals surface area contributed by atoms with Gasteiger partial charge in [0.15, 0.2) is 6.61 Å². The van der Waals surface area contributed by atoms with Crippen LogP contribution in [0.25, 0.3) is 0 Å². The van der Waals surface area contributed by atoms with Crippen molar-refractivity contribution < 1.29 is 9.53 Å². The maximum absolute atomic E-state index is 11.6. The number of aryl methyl sites for hydroxylation is 1. The van der Waals surface area contributed by atoms with Gasteiger partial charge in [0.05, 0.1) is 0 Å². The van der Waals surface area contributed by atoms with Crippen LogP contribution in [0, 0.1) is 0 Å². The molecule has 2 aromatic rings. The highest BCUT2D eigenvalue weighted by molar-refractivity contribution is 5.77. The molecule has 0 aliphatic heterocycles. The van der Waals surface area contributed by atoms with E-state index in [9.17, 15) is 9.59 Å². The van der Waals surface area contributed by atoms with Crippen molar-refractivity contribution in [2.75, 3.05) is 6.61 Å². The quantitative estimate of drug-likeness (QED) is 0.886. The summed E-state index contributed by atoms with van der Waals surface area (Å²) in [5.41, 5.74) is 0.785. The molecular weight excluding hydrogens is 256 g/mol. The van der Waals surface area contributed by atoms with Gasteiger partial charge < -0.3 is 14.6 Å². The summed E-state index contributed by atoms with van der Waals surface area (Å²) in [7, 11) is 1.67. The Bertz CT molecular complexity index is 635. The first kappa shape index (κ1) is 13.9.